The average Bonchev–Trinajstić information content (AvgIpc) is 2.70. The number of carbonyl (C=O) groups excluding carboxylic acids is 1. The Balaban J connectivity index is 2.22. The van der Waals surface area contributed by atoms with Gasteiger partial charge in [0.05, 0.1) is 24.7 Å². The quantitative estimate of drug-likeness (QED) is 0.752. The predicted octanol–water partition coefficient (Wildman–Crippen LogP) is 1.36. The lowest BCUT2D eigenvalue weighted by Gasteiger charge is -2.10. The summed E-state index contributed by atoms with van der Waals surface area (Å²) in [6, 6.07) is 0.186. The summed E-state index contributed by atoms with van der Waals surface area (Å²) in [5, 5.41) is 5.19. The van der Waals surface area contributed by atoms with Crippen LogP contribution < -0.4 is 5.32 Å². The number of rotatable bonds is 5. The number of carbonyl (C=O) groups is 1. The summed E-state index contributed by atoms with van der Waals surface area (Å²) in [4.78, 5) is 15.0. The van der Waals surface area contributed by atoms with E-state index in [2.05, 4.69) is 15.0 Å². The zero-order valence-corrected chi connectivity index (χ0v) is 9.13. The molecule has 0 amide bonds. The molecule has 0 radical (unpaired) electrons. The second-order valence-electron chi connectivity index (χ2n) is 2.92. The number of esters is 1. The Morgan fingerprint density at radius 1 is 1.79 bits per heavy atom. The standard InChI is InChI=1S/C9H14N2O2S/c1-7(8-5-14-6-11-8)10-4-3-9(12)13-2/h5-7,10H,3-4H2,1-2H3. The molecule has 0 aliphatic rings. The van der Waals surface area contributed by atoms with Gasteiger partial charge < -0.3 is 10.1 Å². The summed E-state index contributed by atoms with van der Waals surface area (Å²) in [7, 11) is 1.40. The fourth-order valence-corrected chi connectivity index (χ4v) is 1.68. The van der Waals surface area contributed by atoms with E-state index in [1.165, 1.54) is 7.11 Å². The van der Waals surface area contributed by atoms with Crippen LogP contribution in [0.2, 0.25) is 0 Å². The molecule has 0 saturated heterocycles. The molecule has 1 rings (SSSR count). The zero-order chi connectivity index (χ0) is 10.4. The van der Waals surface area contributed by atoms with Crippen LogP contribution in [0.25, 0.3) is 0 Å². The van der Waals surface area contributed by atoms with Crippen molar-refractivity contribution in [3.8, 4) is 0 Å². The Morgan fingerprint density at radius 3 is 3.14 bits per heavy atom. The zero-order valence-electron chi connectivity index (χ0n) is 8.32. The van der Waals surface area contributed by atoms with E-state index in [0.717, 1.165) is 5.69 Å². The molecule has 0 aliphatic carbocycles. The van der Waals surface area contributed by atoms with Gasteiger partial charge in [0.25, 0.3) is 0 Å². The van der Waals surface area contributed by atoms with Crippen LogP contribution in [0.15, 0.2) is 10.9 Å². The van der Waals surface area contributed by atoms with Gasteiger partial charge in [0.15, 0.2) is 0 Å². The molecule has 0 aliphatic heterocycles. The van der Waals surface area contributed by atoms with Crippen molar-refractivity contribution in [3.05, 3.63) is 16.6 Å². The van der Waals surface area contributed by atoms with E-state index in [0.29, 0.717) is 13.0 Å². The number of nitrogens with one attached hydrogen (secondary N) is 1. The maximum absolute atomic E-state index is 10.8. The van der Waals surface area contributed by atoms with Crippen molar-refractivity contribution in [1.29, 1.82) is 0 Å². The smallest absolute Gasteiger partial charge is 0.306 e. The maximum Gasteiger partial charge on any atom is 0.306 e. The number of ether oxygens (including phenoxy) is 1. The molecular formula is C9H14N2O2S. The first-order valence-corrected chi connectivity index (χ1v) is 5.36. The molecule has 1 atom stereocenters. The molecule has 78 valence electrons. The highest BCUT2D eigenvalue weighted by molar-refractivity contribution is 7.07. The molecule has 14 heavy (non-hydrogen) atoms. The highest BCUT2D eigenvalue weighted by Crippen LogP contribution is 2.11. The minimum atomic E-state index is -0.192. The fraction of sp³-hybridized carbons (Fsp3) is 0.556. The molecule has 1 aromatic heterocycles. The molecule has 1 aromatic rings. The van der Waals surface area contributed by atoms with Gasteiger partial charge >= 0.3 is 5.97 Å². The normalized spacial score (nSPS) is 12.4. The van der Waals surface area contributed by atoms with Gasteiger partial charge in [-0.1, -0.05) is 0 Å². The van der Waals surface area contributed by atoms with Crippen molar-refractivity contribution >= 4 is 17.3 Å². The van der Waals surface area contributed by atoms with Crippen LogP contribution >= 0.6 is 11.3 Å². The summed E-state index contributed by atoms with van der Waals surface area (Å²) >= 11 is 1.57. The molecule has 1 N–H and O–H groups in total. The van der Waals surface area contributed by atoms with Gasteiger partial charge in [0, 0.05) is 18.0 Å². The fourth-order valence-electron chi connectivity index (χ4n) is 1.03. The van der Waals surface area contributed by atoms with Gasteiger partial charge in [-0.15, -0.1) is 11.3 Å². The molecule has 5 heteroatoms. The SMILES string of the molecule is COC(=O)CCNC(C)c1cscn1. The maximum atomic E-state index is 10.8. The van der Waals surface area contributed by atoms with Gasteiger partial charge in [-0.2, -0.15) is 0 Å². The Morgan fingerprint density at radius 2 is 2.57 bits per heavy atom. The van der Waals surface area contributed by atoms with Gasteiger partial charge in [0.1, 0.15) is 0 Å². The Kier molecular flexibility index (Phi) is 4.55. The van der Waals surface area contributed by atoms with Crippen LogP contribution in [-0.4, -0.2) is 24.6 Å². The molecule has 0 spiro atoms. The molecule has 0 aromatic carbocycles. The molecule has 0 saturated carbocycles. The van der Waals surface area contributed by atoms with Gasteiger partial charge in [0.2, 0.25) is 0 Å². The monoisotopic (exact) mass is 214 g/mol. The third-order valence-electron chi connectivity index (χ3n) is 1.90. The van der Waals surface area contributed by atoms with E-state index < -0.39 is 0 Å². The Hall–Kier alpha value is -0.940. The third kappa shape index (κ3) is 3.43. The lowest BCUT2D eigenvalue weighted by molar-refractivity contribution is -0.140. The summed E-state index contributed by atoms with van der Waals surface area (Å²) < 4.78 is 4.53. The van der Waals surface area contributed by atoms with Crippen LogP contribution in [-0.2, 0) is 9.53 Å². The number of hydrogen-bond donors (Lipinski definition) is 1. The molecule has 1 heterocycles. The van der Waals surface area contributed by atoms with Crippen LogP contribution in [0.1, 0.15) is 25.1 Å². The van der Waals surface area contributed by atoms with Crippen LogP contribution in [0.5, 0.6) is 0 Å². The largest absolute Gasteiger partial charge is 0.469 e. The summed E-state index contributed by atoms with van der Waals surface area (Å²) in [5.74, 6) is -0.192. The van der Waals surface area contributed by atoms with Gasteiger partial charge in [-0.05, 0) is 6.92 Å². The second kappa shape index (κ2) is 5.72. The number of nitrogens with zero attached hydrogens (tertiary/aromatic N) is 1. The second-order valence-corrected chi connectivity index (χ2v) is 3.63. The van der Waals surface area contributed by atoms with Crippen molar-refractivity contribution in [2.45, 2.75) is 19.4 Å². The van der Waals surface area contributed by atoms with Crippen molar-refractivity contribution in [2.24, 2.45) is 0 Å². The lowest BCUT2D eigenvalue weighted by Crippen LogP contribution is -2.22. The number of methoxy groups -OCH3 is 1. The van der Waals surface area contributed by atoms with Crippen LogP contribution in [0, 0.1) is 0 Å². The van der Waals surface area contributed by atoms with Crippen molar-refractivity contribution < 1.29 is 9.53 Å². The molecule has 0 fully saturated rings. The van der Waals surface area contributed by atoms with Crippen molar-refractivity contribution in [3.63, 3.8) is 0 Å². The number of thiazole rings is 1. The number of hydrogen-bond acceptors (Lipinski definition) is 5. The Bertz CT molecular complexity index is 274. The van der Waals surface area contributed by atoms with E-state index in [4.69, 9.17) is 0 Å². The van der Waals surface area contributed by atoms with Crippen LogP contribution in [0.3, 0.4) is 0 Å². The van der Waals surface area contributed by atoms with Gasteiger partial charge in [-0.3, -0.25) is 4.79 Å². The highest BCUT2D eigenvalue weighted by Gasteiger charge is 2.07. The Labute approximate surface area is 87.3 Å². The van der Waals surface area contributed by atoms with E-state index in [9.17, 15) is 4.79 Å². The summed E-state index contributed by atoms with van der Waals surface area (Å²) in [6.07, 6.45) is 0.394. The predicted molar refractivity (Wildman–Crippen MR) is 55.2 cm³/mol. The van der Waals surface area contributed by atoms with Crippen molar-refractivity contribution in [2.75, 3.05) is 13.7 Å². The first kappa shape index (κ1) is 11.1. The topological polar surface area (TPSA) is 51.2 Å². The van der Waals surface area contributed by atoms with E-state index in [-0.39, 0.29) is 12.0 Å². The summed E-state index contributed by atoms with van der Waals surface area (Å²) in [5.41, 5.74) is 2.81. The van der Waals surface area contributed by atoms with E-state index >= 15 is 0 Å². The molecule has 0 bridgehead atoms. The first-order valence-electron chi connectivity index (χ1n) is 4.42. The molecule has 1 unspecified atom stereocenters. The van der Waals surface area contributed by atoms with E-state index in [1.54, 1.807) is 16.8 Å². The minimum Gasteiger partial charge on any atom is -0.469 e. The third-order valence-corrected chi connectivity index (χ3v) is 2.51. The average molecular weight is 214 g/mol. The molecule has 4 nitrogen and oxygen atoms in total. The minimum absolute atomic E-state index is 0.186. The van der Waals surface area contributed by atoms with Crippen molar-refractivity contribution in [1.82, 2.24) is 10.3 Å². The van der Waals surface area contributed by atoms with E-state index in [1.807, 2.05) is 12.3 Å². The lowest BCUT2D eigenvalue weighted by atomic mass is 10.2. The number of aromatic nitrogens is 1. The first-order chi connectivity index (χ1) is 6.74. The molecular weight excluding hydrogens is 200 g/mol. The summed E-state index contributed by atoms with van der Waals surface area (Å²) in [6.45, 7) is 2.64. The van der Waals surface area contributed by atoms with Crippen LogP contribution in [0.4, 0.5) is 0 Å². The van der Waals surface area contributed by atoms with Gasteiger partial charge in [-0.25, -0.2) is 4.98 Å². The highest BCUT2D eigenvalue weighted by atomic mass is 32.1.